The molecule has 96 valence electrons. The molecule has 3 rings (SSSR count). The number of hydrogen-bond donors (Lipinski definition) is 1. The average molecular weight is 253 g/mol. The monoisotopic (exact) mass is 253 g/mol. The Labute approximate surface area is 111 Å². The van der Waals surface area contributed by atoms with Gasteiger partial charge in [0.15, 0.2) is 11.4 Å². The minimum absolute atomic E-state index is 0.665. The van der Waals surface area contributed by atoms with Crippen LogP contribution in [-0.2, 0) is 6.42 Å². The molecule has 2 aromatic heterocycles. The van der Waals surface area contributed by atoms with Crippen molar-refractivity contribution in [2.45, 2.75) is 6.42 Å². The first-order chi connectivity index (χ1) is 9.29. The van der Waals surface area contributed by atoms with Crippen molar-refractivity contribution in [1.29, 1.82) is 0 Å². The lowest BCUT2D eigenvalue weighted by molar-refractivity contribution is 0.417. The molecule has 0 saturated carbocycles. The highest BCUT2D eigenvalue weighted by Crippen LogP contribution is 2.24. The molecule has 0 fully saturated rings. The van der Waals surface area contributed by atoms with Crippen LogP contribution in [0.25, 0.3) is 5.65 Å². The molecule has 0 aliphatic carbocycles. The van der Waals surface area contributed by atoms with Crippen molar-refractivity contribution in [3.05, 3.63) is 59.9 Å². The summed E-state index contributed by atoms with van der Waals surface area (Å²) >= 11 is 0. The molecule has 0 atom stereocenters. The van der Waals surface area contributed by atoms with Gasteiger partial charge in [0.1, 0.15) is 5.82 Å². The van der Waals surface area contributed by atoms with Gasteiger partial charge in [0.25, 0.3) is 0 Å². The molecule has 0 saturated heterocycles. The Hall–Kier alpha value is -2.49. The third kappa shape index (κ3) is 2.01. The summed E-state index contributed by atoms with van der Waals surface area (Å²) in [5.74, 6) is 1.39. The Balaban J connectivity index is 2.08. The maximum absolute atomic E-state index is 6.16. The van der Waals surface area contributed by atoms with E-state index in [2.05, 4.69) is 17.1 Å². The molecule has 0 bridgehead atoms. The van der Waals surface area contributed by atoms with E-state index in [4.69, 9.17) is 10.5 Å². The second-order valence-corrected chi connectivity index (χ2v) is 4.38. The number of hydrogen-bond acceptors (Lipinski definition) is 3. The third-order valence-corrected chi connectivity index (χ3v) is 3.16. The topological polar surface area (TPSA) is 52.5 Å². The van der Waals surface area contributed by atoms with Gasteiger partial charge in [-0.05, 0) is 17.7 Å². The molecule has 0 radical (unpaired) electrons. The number of anilines is 1. The van der Waals surface area contributed by atoms with Crippen LogP contribution < -0.4 is 10.5 Å². The first kappa shape index (κ1) is 11.6. The van der Waals surface area contributed by atoms with Gasteiger partial charge < -0.3 is 10.5 Å². The van der Waals surface area contributed by atoms with Crippen molar-refractivity contribution in [3.8, 4) is 5.75 Å². The van der Waals surface area contributed by atoms with E-state index < -0.39 is 0 Å². The van der Waals surface area contributed by atoms with Gasteiger partial charge in [-0.15, -0.1) is 0 Å². The summed E-state index contributed by atoms with van der Waals surface area (Å²) in [5, 5.41) is 0. The molecule has 0 spiro atoms. The number of fused-ring (bicyclic) bond motifs is 1. The molecular formula is C15H15N3O. The number of methoxy groups -OCH3 is 1. The summed E-state index contributed by atoms with van der Waals surface area (Å²) < 4.78 is 7.17. The zero-order chi connectivity index (χ0) is 13.2. The lowest BCUT2D eigenvalue weighted by atomic mass is 10.1. The molecule has 4 heteroatoms. The largest absolute Gasteiger partial charge is 0.493 e. The van der Waals surface area contributed by atoms with E-state index in [1.807, 2.05) is 40.9 Å². The van der Waals surface area contributed by atoms with Gasteiger partial charge in [0.2, 0.25) is 0 Å². The van der Waals surface area contributed by atoms with Crippen LogP contribution in [-0.4, -0.2) is 16.5 Å². The van der Waals surface area contributed by atoms with E-state index in [0.29, 0.717) is 5.82 Å². The summed E-state index contributed by atoms with van der Waals surface area (Å²) in [7, 11) is 1.64. The van der Waals surface area contributed by atoms with Gasteiger partial charge in [-0.2, -0.15) is 0 Å². The fourth-order valence-corrected chi connectivity index (χ4v) is 2.19. The highest BCUT2D eigenvalue weighted by atomic mass is 16.5. The number of pyridine rings is 1. The minimum Gasteiger partial charge on any atom is -0.493 e. The van der Waals surface area contributed by atoms with Crippen LogP contribution in [0.5, 0.6) is 5.75 Å². The predicted octanol–water partition coefficient (Wildman–Crippen LogP) is 2.52. The van der Waals surface area contributed by atoms with Crippen LogP contribution in [0.2, 0.25) is 0 Å². The zero-order valence-electron chi connectivity index (χ0n) is 10.7. The maximum Gasteiger partial charge on any atom is 0.181 e. The molecule has 19 heavy (non-hydrogen) atoms. The van der Waals surface area contributed by atoms with Crippen molar-refractivity contribution in [1.82, 2.24) is 9.38 Å². The Morgan fingerprint density at radius 3 is 2.68 bits per heavy atom. The second kappa shape index (κ2) is 4.65. The van der Waals surface area contributed by atoms with E-state index >= 15 is 0 Å². The number of ether oxygens (including phenoxy) is 1. The molecule has 0 amide bonds. The zero-order valence-corrected chi connectivity index (χ0v) is 10.7. The Kier molecular flexibility index (Phi) is 2.83. The van der Waals surface area contributed by atoms with Crippen molar-refractivity contribution >= 4 is 11.5 Å². The van der Waals surface area contributed by atoms with E-state index in [1.54, 1.807) is 7.11 Å². The number of benzene rings is 1. The molecule has 0 aliphatic heterocycles. The Morgan fingerprint density at radius 2 is 1.95 bits per heavy atom. The standard InChI is InChI=1S/C15H15N3O/c1-19-13-8-5-9-18-14(16)12(17-15(13)18)10-11-6-3-2-4-7-11/h2-9H,10,16H2,1H3. The first-order valence-electron chi connectivity index (χ1n) is 6.13. The predicted molar refractivity (Wildman–Crippen MR) is 75.4 cm³/mol. The number of aromatic nitrogens is 2. The summed E-state index contributed by atoms with van der Waals surface area (Å²) in [4.78, 5) is 4.59. The molecule has 0 unspecified atom stereocenters. The van der Waals surface area contributed by atoms with Crippen LogP contribution in [0, 0.1) is 0 Å². The molecule has 1 aromatic carbocycles. The number of nitrogens with two attached hydrogens (primary N) is 1. The lowest BCUT2D eigenvalue weighted by Crippen LogP contribution is -1.97. The molecule has 0 aliphatic rings. The number of imidazole rings is 1. The van der Waals surface area contributed by atoms with Crippen molar-refractivity contribution in [2.75, 3.05) is 12.8 Å². The number of nitrogens with zero attached hydrogens (tertiary/aromatic N) is 2. The van der Waals surface area contributed by atoms with Gasteiger partial charge in [-0.25, -0.2) is 4.98 Å². The van der Waals surface area contributed by atoms with Crippen molar-refractivity contribution in [3.63, 3.8) is 0 Å². The molecular weight excluding hydrogens is 238 g/mol. The molecule has 4 nitrogen and oxygen atoms in total. The van der Waals surface area contributed by atoms with Gasteiger partial charge >= 0.3 is 0 Å². The second-order valence-electron chi connectivity index (χ2n) is 4.38. The molecule has 2 heterocycles. The minimum atomic E-state index is 0.665. The normalized spacial score (nSPS) is 10.8. The summed E-state index contributed by atoms with van der Waals surface area (Å²) in [5.41, 5.74) is 8.98. The van der Waals surface area contributed by atoms with Gasteiger partial charge in [0.05, 0.1) is 12.8 Å². The summed E-state index contributed by atoms with van der Waals surface area (Å²) in [6.45, 7) is 0. The molecule has 3 aromatic rings. The van der Waals surface area contributed by atoms with E-state index in [9.17, 15) is 0 Å². The Morgan fingerprint density at radius 1 is 1.16 bits per heavy atom. The SMILES string of the molecule is COc1cccn2c(N)c(Cc3ccccc3)nc12. The molecule has 2 N–H and O–H groups in total. The quantitative estimate of drug-likeness (QED) is 0.780. The van der Waals surface area contributed by atoms with Crippen LogP contribution in [0.3, 0.4) is 0 Å². The smallest absolute Gasteiger partial charge is 0.181 e. The average Bonchev–Trinajstić information content (AvgIpc) is 2.77. The van der Waals surface area contributed by atoms with Crippen molar-refractivity contribution in [2.24, 2.45) is 0 Å². The van der Waals surface area contributed by atoms with Gasteiger partial charge in [-0.3, -0.25) is 4.40 Å². The van der Waals surface area contributed by atoms with Crippen LogP contribution in [0.15, 0.2) is 48.7 Å². The van der Waals surface area contributed by atoms with E-state index in [0.717, 1.165) is 23.5 Å². The highest BCUT2D eigenvalue weighted by molar-refractivity contribution is 5.61. The van der Waals surface area contributed by atoms with Crippen molar-refractivity contribution < 1.29 is 4.74 Å². The highest BCUT2D eigenvalue weighted by Gasteiger charge is 2.12. The fourth-order valence-electron chi connectivity index (χ4n) is 2.19. The number of rotatable bonds is 3. The van der Waals surface area contributed by atoms with Crippen LogP contribution in [0.4, 0.5) is 5.82 Å². The first-order valence-corrected chi connectivity index (χ1v) is 6.13. The van der Waals surface area contributed by atoms with E-state index in [-0.39, 0.29) is 0 Å². The summed E-state index contributed by atoms with van der Waals surface area (Å²) in [6.07, 6.45) is 2.62. The van der Waals surface area contributed by atoms with Gasteiger partial charge in [-0.1, -0.05) is 30.3 Å². The van der Waals surface area contributed by atoms with Crippen LogP contribution >= 0.6 is 0 Å². The maximum atomic E-state index is 6.16. The third-order valence-electron chi connectivity index (χ3n) is 3.16. The van der Waals surface area contributed by atoms with Gasteiger partial charge in [0, 0.05) is 12.6 Å². The fraction of sp³-hybridized carbons (Fsp3) is 0.133. The Bertz CT molecular complexity index is 704. The number of nitrogen functional groups attached to an aromatic ring is 1. The van der Waals surface area contributed by atoms with E-state index in [1.165, 1.54) is 5.56 Å². The van der Waals surface area contributed by atoms with Crippen LogP contribution in [0.1, 0.15) is 11.3 Å². The lowest BCUT2D eigenvalue weighted by Gasteiger charge is -2.01. The summed E-state index contributed by atoms with van der Waals surface area (Å²) in [6, 6.07) is 14.0.